The van der Waals surface area contributed by atoms with Crippen LogP contribution in [0.25, 0.3) is 0 Å². The molecule has 7 heteroatoms. The van der Waals surface area contributed by atoms with Crippen LogP contribution in [0.3, 0.4) is 0 Å². The van der Waals surface area contributed by atoms with E-state index in [4.69, 9.17) is 10.2 Å². The second-order valence-corrected chi connectivity index (χ2v) is 4.94. The first kappa shape index (κ1) is 14.1. The summed E-state index contributed by atoms with van der Waals surface area (Å²) in [4.78, 5) is 22.4. The Labute approximate surface area is 114 Å². The summed E-state index contributed by atoms with van der Waals surface area (Å²) in [5, 5.41) is 19.7. The highest BCUT2D eigenvalue weighted by molar-refractivity contribution is 9.11. The van der Waals surface area contributed by atoms with Crippen LogP contribution in [-0.2, 0) is 4.79 Å². The molecule has 0 fully saturated rings. The van der Waals surface area contributed by atoms with Gasteiger partial charge in [-0.05, 0) is 34.1 Å². The molecule has 0 saturated carbocycles. The maximum atomic E-state index is 11.7. The van der Waals surface area contributed by atoms with E-state index >= 15 is 0 Å². The zero-order valence-electron chi connectivity index (χ0n) is 8.48. The molecule has 1 aromatic carbocycles. The maximum Gasteiger partial charge on any atom is 0.328 e. The molecule has 0 heterocycles. The Morgan fingerprint density at radius 1 is 1.35 bits per heavy atom. The standard InChI is InChI=1S/C10H9Br2NO4/c11-5-1-2-6(7(12)3-5)9(15)13-8(4-14)10(16)17/h1-3,8,14H,4H2,(H,13,15)(H,16,17). The lowest BCUT2D eigenvalue weighted by atomic mass is 10.2. The topological polar surface area (TPSA) is 86.6 Å². The molecule has 92 valence electrons. The van der Waals surface area contributed by atoms with Crippen LogP contribution in [-0.4, -0.2) is 34.7 Å². The van der Waals surface area contributed by atoms with E-state index in [1.165, 1.54) is 0 Å². The van der Waals surface area contributed by atoms with Crippen molar-refractivity contribution in [1.82, 2.24) is 5.32 Å². The van der Waals surface area contributed by atoms with Gasteiger partial charge >= 0.3 is 5.97 Å². The van der Waals surface area contributed by atoms with Gasteiger partial charge in [-0.1, -0.05) is 15.9 Å². The summed E-state index contributed by atoms with van der Waals surface area (Å²) in [5.74, 6) is -1.85. The second kappa shape index (κ2) is 6.13. The minimum Gasteiger partial charge on any atom is -0.480 e. The summed E-state index contributed by atoms with van der Waals surface area (Å²) in [6, 6.07) is 3.57. The minimum atomic E-state index is -1.31. The number of hydrogen-bond donors (Lipinski definition) is 3. The van der Waals surface area contributed by atoms with Crippen LogP contribution in [0.4, 0.5) is 0 Å². The molecule has 0 aliphatic carbocycles. The van der Waals surface area contributed by atoms with Crippen LogP contribution in [0.5, 0.6) is 0 Å². The third kappa shape index (κ3) is 3.79. The average Bonchev–Trinajstić information content (AvgIpc) is 2.24. The van der Waals surface area contributed by atoms with Crippen LogP contribution < -0.4 is 5.32 Å². The second-order valence-electron chi connectivity index (χ2n) is 3.17. The van der Waals surface area contributed by atoms with Crippen LogP contribution in [0.15, 0.2) is 27.1 Å². The van der Waals surface area contributed by atoms with Crippen LogP contribution >= 0.6 is 31.9 Å². The van der Waals surface area contributed by atoms with Crippen molar-refractivity contribution in [1.29, 1.82) is 0 Å². The number of carbonyl (C=O) groups excluding carboxylic acids is 1. The third-order valence-electron chi connectivity index (χ3n) is 1.96. The van der Waals surface area contributed by atoms with E-state index in [-0.39, 0.29) is 0 Å². The highest BCUT2D eigenvalue weighted by Gasteiger charge is 2.20. The lowest BCUT2D eigenvalue weighted by Gasteiger charge is -2.12. The number of hydrogen-bond acceptors (Lipinski definition) is 3. The number of halogens is 2. The number of aliphatic hydroxyl groups is 1. The Bertz CT molecular complexity index is 450. The fourth-order valence-electron chi connectivity index (χ4n) is 1.10. The first-order chi connectivity index (χ1) is 7.95. The van der Waals surface area contributed by atoms with Gasteiger partial charge in [-0.15, -0.1) is 0 Å². The number of amides is 1. The molecule has 1 amide bonds. The zero-order valence-corrected chi connectivity index (χ0v) is 11.7. The summed E-state index contributed by atoms with van der Waals surface area (Å²) in [5.41, 5.74) is 0.299. The third-order valence-corrected chi connectivity index (χ3v) is 3.11. The molecule has 3 N–H and O–H groups in total. The predicted octanol–water partition coefficient (Wildman–Crippen LogP) is 1.39. The van der Waals surface area contributed by atoms with Gasteiger partial charge in [-0.3, -0.25) is 4.79 Å². The van der Waals surface area contributed by atoms with E-state index < -0.39 is 24.5 Å². The number of rotatable bonds is 4. The largest absolute Gasteiger partial charge is 0.480 e. The molecule has 5 nitrogen and oxygen atoms in total. The molecular weight excluding hydrogens is 358 g/mol. The van der Waals surface area contributed by atoms with Crippen molar-refractivity contribution in [2.75, 3.05) is 6.61 Å². The predicted molar refractivity (Wildman–Crippen MR) is 67.8 cm³/mol. The first-order valence-electron chi connectivity index (χ1n) is 4.55. The van der Waals surface area contributed by atoms with Gasteiger partial charge in [0, 0.05) is 8.95 Å². The van der Waals surface area contributed by atoms with E-state index in [1.807, 2.05) is 0 Å². The van der Waals surface area contributed by atoms with Crippen molar-refractivity contribution in [3.8, 4) is 0 Å². The lowest BCUT2D eigenvalue weighted by molar-refractivity contribution is -0.140. The SMILES string of the molecule is O=C(NC(CO)C(=O)O)c1ccc(Br)cc1Br. The summed E-state index contributed by atoms with van der Waals surface area (Å²) < 4.78 is 1.32. The number of aliphatic carboxylic acids is 1. The number of carbonyl (C=O) groups is 2. The molecule has 1 rings (SSSR count). The zero-order chi connectivity index (χ0) is 13.0. The van der Waals surface area contributed by atoms with Gasteiger partial charge in [0.05, 0.1) is 12.2 Å². The molecule has 0 spiro atoms. The summed E-state index contributed by atoms with van der Waals surface area (Å²) in [6.45, 7) is -0.658. The van der Waals surface area contributed by atoms with Crippen molar-refractivity contribution in [3.05, 3.63) is 32.7 Å². The van der Waals surface area contributed by atoms with Gasteiger partial charge in [0.1, 0.15) is 0 Å². The number of nitrogens with one attached hydrogen (secondary N) is 1. The Kier molecular flexibility index (Phi) is 5.10. The first-order valence-corrected chi connectivity index (χ1v) is 6.14. The molecule has 0 aliphatic heterocycles. The van der Waals surface area contributed by atoms with Gasteiger partial charge in [-0.2, -0.15) is 0 Å². The summed E-state index contributed by atoms with van der Waals surface area (Å²) in [7, 11) is 0. The molecule has 0 radical (unpaired) electrons. The van der Waals surface area contributed by atoms with E-state index in [2.05, 4.69) is 37.2 Å². The molecular formula is C10H9Br2NO4. The Morgan fingerprint density at radius 3 is 2.47 bits per heavy atom. The average molecular weight is 367 g/mol. The molecule has 1 aromatic rings. The van der Waals surface area contributed by atoms with Crippen LogP contribution in [0, 0.1) is 0 Å². The van der Waals surface area contributed by atoms with E-state index in [0.29, 0.717) is 10.0 Å². The van der Waals surface area contributed by atoms with Crippen molar-refractivity contribution >= 4 is 43.7 Å². The van der Waals surface area contributed by atoms with Gasteiger partial charge in [-0.25, -0.2) is 4.79 Å². The molecule has 0 aromatic heterocycles. The number of carboxylic acid groups (broad SMARTS) is 1. The Morgan fingerprint density at radius 2 is 2.00 bits per heavy atom. The Hall–Kier alpha value is -0.920. The van der Waals surface area contributed by atoms with Crippen molar-refractivity contribution in [2.45, 2.75) is 6.04 Å². The smallest absolute Gasteiger partial charge is 0.328 e. The van der Waals surface area contributed by atoms with Gasteiger partial charge < -0.3 is 15.5 Å². The van der Waals surface area contributed by atoms with Crippen molar-refractivity contribution in [3.63, 3.8) is 0 Å². The number of aliphatic hydroxyl groups excluding tert-OH is 1. The van der Waals surface area contributed by atoms with Gasteiger partial charge in [0.2, 0.25) is 0 Å². The molecule has 17 heavy (non-hydrogen) atoms. The normalized spacial score (nSPS) is 11.9. The minimum absolute atomic E-state index is 0.299. The highest BCUT2D eigenvalue weighted by Crippen LogP contribution is 2.21. The number of carboxylic acids is 1. The molecule has 0 saturated heterocycles. The fraction of sp³-hybridized carbons (Fsp3) is 0.200. The summed E-state index contributed by atoms with van der Waals surface area (Å²) in [6.07, 6.45) is 0. The monoisotopic (exact) mass is 365 g/mol. The lowest BCUT2D eigenvalue weighted by Crippen LogP contribution is -2.43. The molecule has 1 atom stereocenters. The molecule has 0 bridgehead atoms. The molecule has 0 aliphatic rings. The van der Waals surface area contributed by atoms with Crippen molar-refractivity contribution in [2.24, 2.45) is 0 Å². The van der Waals surface area contributed by atoms with Crippen LogP contribution in [0.2, 0.25) is 0 Å². The maximum absolute atomic E-state index is 11.7. The van der Waals surface area contributed by atoms with E-state index in [1.54, 1.807) is 18.2 Å². The van der Waals surface area contributed by atoms with Crippen molar-refractivity contribution < 1.29 is 19.8 Å². The summed E-state index contributed by atoms with van der Waals surface area (Å²) >= 11 is 6.43. The van der Waals surface area contributed by atoms with Crippen LogP contribution in [0.1, 0.15) is 10.4 Å². The van der Waals surface area contributed by atoms with Gasteiger partial charge in [0.15, 0.2) is 6.04 Å². The number of benzene rings is 1. The highest BCUT2D eigenvalue weighted by atomic mass is 79.9. The van der Waals surface area contributed by atoms with Gasteiger partial charge in [0.25, 0.3) is 5.91 Å². The van der Waals surface area contributed by atoms with E-state index in [0.717, 1.165) is 4.47 Å². The quantitative estimate of drug-likeness (QED) is 0.751. The molecule has 1 unspecified atom stereocenters. The fourth-order valence-corrected chi connectivity index (χ4v) is 2.32. The van der Waals surface area contributed by atoms with E-state index in [9.17, 15) is 9.59 Å². The Balaban J connectivity index is 2.86.